The quantitative estimate of drug-likeness (QED) is 0.762. The van der Waals surface area contributed by atoms with Crippen molar-refractivity contribution in [3.05, 3.63) is 75.9 Å². The molecular formula is C20H19ClN2O. The number of aryl methyl sites for hydroxylation is 2. The standard InChI is InChI=1S/C20H19ClN2O/c1-13-4-3-5-17-18(12-14(2)23-19(13)17)20(24)22-11-10-15-6-8-16(21)9-7-15/h3-9,12H,10-11H2,1-2H3,(H,22,24). The van der Waals surface area contributed by atoms with Crippen LogP contribution < -0.4 is 5.32 Å². The van der Waals surface area contributed by atoms with Crippen LogP contribution in [-0.4, -0.2) is 17.4 Å². The molecule has 4 heteroatoms. The van der Waals surface area contributed by atoms with Gasteiger partial charge in [0, 0.05) is 22.6 Å². The summed E-state index contributed by atoms with van der Waals surface area (Å²) in [7, 11) is 0. The molecule has 0 spiro atoms. The van der Waals surface area contributed by atoms with Crippen molar-refractivity contribution in [2.45, 2.75) is 20.3 Å². The molecule has 0 saturated carbocycles. The third-order valence-corrected chi connectivity index (χ3v) is 4.28. The number of hydrogen-bond acceptors (Lipinski definition) is 2. The second kappa shape index (κ2) is 7.02. The smallest absolute Gasteiger partial charge is 0.252 e. The summed E-state index contributed by atoms with van der Waals surface area (Å²) in [6.07, 6.45) is 0.768. The predicted molar refractivity (Wildman–Crippen MR) is 98.7 cm³/mol. The number of benzene rings is 2. The fourth-order valence-electron chi connectivity index (χ4n) is 2.77. The van der Waals surface area contributed by atoms with Gasteiger partial charge in [-0.05, 0) is 49.6 Å². The number of amides is 1. The summed E-state index contributed by atoms with van der Waals surface area (Å²) in [6, 6.07) is 15.4. The van der Waals surface area contributed by atoms with Gasteiger partial charge < -0.3 is 5.32 Å². The number of carbonyl (C=O) groups excluding carboxylic acids is 1. The Bertz CT molecular complexity index is 888. The van der Waals surface area contributed by atoms with Crippen molar-refractivity contribution >= 4 is 28.4 Å². The number of hydrogen-bond donors (Lipinski definition) is 1. The molecule has 1 aromatic heterocycles. The molecule has 2 aromatic carbocycles. The number of rotatable bonds is 4. The Morgan fingerprint density at radius 1 is 1.12 bits per heavy atom. The molecule has 0 atom stereocenters. The largest absolute Gasteiger partial charge is 0.352 e. The Kier molecular flexibility index (Phi) is 4.81. The second-order valence-electron chi connectivity index (χ2n) is 5.91. The summed E-state index contributed by atoms with van der Waals surface area (Å²) < 4.78 is 0. The number of pyridine rings is 1. The molecule has 0 radical (unpaired) electrons. The minimum atomic E-state index is -0.0648. The van der Waals surface area contributed by atoms with Gasteiger partial charge in [-0.3, -0.25) is 9.78 Å². The third kappa shape index (κ3) is 3.57. The van der Waals surface area contributed by atoms with Crippen LogP contribution in [0.15, 0.2) is 48.5 Å². The summed E-state index contributed by atoms with van der Waals surface area (Å²) in [4.78, 5) is 17.2. The first kappa shape index (κ1) is 16.5. The number of nitrogens with one attached hydrogen (secondary N) is 1. The highest BCUT2D eigenvalue weighted by molar-refractivity contribution is 6.30. The van der Waals surface area contributed by atoms with Crippen LogP contribution >= 0.6 is 11.6 Å². The summed E-state index contributed by atoms with van der Waals surface area (Å²) in [5, 5.41) is 4.61. The Hall–Kier alpha value is -2.39. The lowest BCUT2D eigenvalue weighted by Crippen LogP contribution is -2.26. The highest BCUT2D eigenvalue weighted by Crippen LogP contribution is 2.21. The van der Waals surface area contributed by atoms with E-state index >= 15 is 0 Å². The van der Waals surface area contributed by atoms with Gasteiger partial charge in [0.1, 0.15) is 0 Å². The maximum Gasteiger partial charge on any atom is 0.252 e. The molecule has 0 bridgehead atoms. The molecule has 0 fully saturated rings. The van der Waals surface area contributed by atoms with E-state index in [2.05, 4.69) is 10.3 Å². The fourth-order valence-corrected chi connectivity index (χ4v) is 2.90. The van der Waals surface area contributed by atoms with Crippen molar-refractivity contribution in [3.8, 4) is 0 Å². The highest BCUT2D eigenvalue weighted by atomic mass is 35.5. The van der Waals surface area contributed by atoms with Crippen LogP contribution in [-0.2, 0) is 6.42 Å². The number of carbonyl (C=O) groups is 1. The van der Waals surface area contributed by atoms with Crippen molar-refractivity contribution in [1.82, 2.24) is 10.3 Å². The van der Waals surface area contributed by atoms with Gasteiger partial charge in [-0.1, -0.05) is 41.9 Å². The van der Waals surface area contributed by atoms with Crippen LogP contribution in [0.25, 0.3) is 10.9 Å². The topological polar surface area (TPSA) is 42.0 Å². The number of fused-ring (bicyclic) bond motifs is 1. The number of halogens is 1. The Balaban J connectivity index is 1.76. The average molecular weight is 339 g/mol. The van der Waals surface area contributed by atoms with E-state index < -0.39 is 0 Å². The molecule has 3 aromatic rings. The molecule has 1 N–H and O–H groups in total. The molecule has 0 aliphatic carbocycles. The van der Waals surface area contributed by atoms with Crippen molar-refractivity contribution < 1.29 is 4.79 Å². The zero-order chi connectivity index (χ0) is 17.1. The predicted octanol–water partition coefficient (Wildman–Crippen LogP) is 4.48. The van der Waals surface area contributed by atoms with E-state index in [9.17, 15) is 4.79 Å². The van der Waals surface area contributed by atoms with Gasteiger partial charge in [0.25, 0.3) is 5.91 Å². The Morgan fingerprint density at radius 2 is 1.88 bits per heavy atom. The molecular weight excluding hydrogens is 320 g/mol. The van der Waals surface area contributed by atoms with Crippen LogP contribution in [0.1, 0.15) is 27.2 Å². The maximum absolute atomic E-state index is 12.6. The van der Waals surface area contributed by atoms with E-state index in [0.717, 1.165) is 39.2 Å². The molecule has 0 aliphatic heterocycles. The number of para-hydroxylation sites is 1. The van der Waals surface area contributed by atoms with Crippen molar-refractivity contribution in [2.24, 2.45) is 0 Å². The van der Waals surface area contributed by atoms with Crippen molar-refractivity contribution in [3.63, 3.8) is 0 Å². The van der Waals surface area contributed by atoms with Gasteiger partial charge in [0.15, 0.2) is 0 Å². The van der Waals surface area contributed by atoms with Gasteiger partial charge in [-0.25, -0.2) is 0 Å². The molecule has 3 nitrogen and oxygen atoms in total. The lowest BCUT2D eigenvalue weighted by atomic mass is 10.0. The van der Waals surface area contributed by atoms with Crippen LogP contribution in [0.5, 0.6) is 0 Å². The van der Waals surface area contributed by atoms with Crippen LogP contribution in [0.4, 0.5) is 0 Å². The van der Waals surface area contributed by atoms with E-state index in [4.69, 9.17) is 11.6 Å². The van der Waals surface area contributed by atoms with E-state index in [0.29, 0.717) is 12.1 Å². The molecule has 24 heavy (non-hydrogen) atoms. The van der Waals surface area contributed by atoms with Gasteiger partial charge in [-0.2, -0.15) is 0 Å². The summed E-state index contributed by atoms with van der Waals surface area (Å²) >= 11 is 5.88. The molecule has 0 aliphatic rings. The van der Waals surface area contributed by atoms with Gasteiger partial charge >= 0.3 is 0 Å². The molecule has 0 saturated heterocycles. The van der Waals surface area contributed by atoms with Crippen molar-refractivity contribution in [2.75, 3.05) is 6.54 Å². The van der Waals surface area contributed by atoms with Crippen molar-refractivity contribution in [1.29, 1.82) is 0 Å². The lowest BCUT2D eigenvalue weighted by molar-refractivity contribution is 0.0955. The first-order chi connectivity index (χ1) is 11.5. The molecule has 3 rings (SSSR count). The normalized spacial score (nSPS) is 10.8. The SMILES string of the molecule is Cc1cc(C(=O)NCCc2ccc(Cl)cc2)c2cccc(C)c2n1. The highest BCUT2D eigenvalue weighted by Gasteiger charge is 2.12. The average Bonchev–Trinajstić information content (AvgIpc) is 2.57. The first-order valence-corrected chi connectivity index (χ1v) is 8.32. The minimum Gasteiger partial charge on any atom is -0.352 e. The summed E-state index contributed by atoms with van der Waals surface area (Å²) in [5.74, 6) is -0.0648. The zero-order valence-electron chi connectivity index (χ0n) is 13.8. The minimum absolute atomic E-state index is 0.0648. The van der Waals surface area contributed by atoms with Gasteiger partial charge in [0.05, 0.1) is 11.1 Å². The van der Waals surface area contributed by atoms with Crippen LogP contribution in [0, 0.1) is 13.8 Å². The van der Waals surface area contributed by atoms with Gasteiger partial charge in [-0.15, -0.1) is 0 Å². The summed E-state index contributed by atoms with van der Waals surface area (Å²) in [6.45, 7) is 4.50. The van der Waals surface area contributed by atoms with Crippen LogP contribution in [0.3, 0.4) is 0 Å². The fraction of sp³-hybridized carbons (Fsp3) is 0.200. The first-order valence-electron chi connectivity index (χ1n) is 7.94. The summed E-state index contributed by atoms with van der Waals surface area (Å²) in [5.41, 5.74) is 4.63. The molecule has 1 heterocycles. The molecule has 0 unspecified atom stereocenters. The van der Waals surface area contributed by atoms with Crippen LogP contribution in [0.2, 0.25) is 5.02 Å². The Labute approximate surface area is 146 Å². The van der Waals surface area contributed by atoms with E-state index in [1.807, 2.05) is 62.4 Å². The Morgan fingerprint density at radius 3 is 2.62 bits per heavy atom. The molecule has 1 amide bonds. The number of nitrogens with zero attached hydrogens (tertiary/aromatic N) is 1. The number of aromatic nitrogens is 1. The third-order valence-electron chi connectivity index (χ3n) is 4.03. The zero-order valence-corrected chi connectivity index (χ0v) is 14.5. The van der Waals surface area contributed by atoms with E-state index in [1.165, 1.54) is 0 Å². The maximum atomic E-state index is 12.6. The second-order valence-corrected chi connectivity index (χ2v) is 6.35. The molecule has 122 valence electrons. The van der Waals surface area contributed by atoms with Gasteiger partial charge in [0.2, 0.25) is 0 Å². The van der Waals surface area contributed by atoms with E-state index in [-0.39, 0.29) is 5.91 Å². The van der Waals surface area contributed by atoms with E-state index in [1.54, 1.807) is 0 Å². The monoisotopic (exact) mass is 338 g/mol. The lowest BCUT2D eigenvalue weighted by Gasteiger charge is -2.10.